The van der Waals surface area contributed by atoms with Crippen LogP contribution in [-0.2, 0) is 15.3 Å². The Morgan fingerprint density at radius 2 is 2.27 bits per heavy atom. The molecule has 1 aliphatic carbocycles. The van der Waals surface area contributed by atoms with Crippen LogP contribution in [0, 0.1) is 12.8 Å². The Morgan fingerprint density at radius 3 is 2.96 bits per heavy atom. The minimum atomic E-state index is -0.564. The molecule has 0 saturated heterocycles. The molecule has 2 aromatic rings. The largest absolute Gasteiger partial charge is 0.452 e. The van der Waals surface area contributed by atoms with E-state index >= 15 is 0 Å². The highest BCUT2D eigenvalue weighted by molar-refractivity contribution is 7.98. The molecule has 1 unspecified atom stereocenters. The molecule has 26 heavy (non-hydrogen) atoms. The van der Waals surface area contributed by atoms with Gasteiger partial charge in [0.2, 0.25) is 0 Å². The Morgan fingerprint density at radius 1 is 1.46 bits per heavy atom. The van der Waals surface area contributed by atoms with Gasteiger partial charge in [-0.1, -0.05) is 16.9 Å². The van der Waals surface area contributed by atoms with Crippen LogP contribution in [-0.4, -0.2) is 34.7 Å². The minimum Gasteiger partial charge on any atom is -0.452 e. The lowest BCUT2D eigenvalue weighted by molar-refractivity contribution is -0.125. The van der Waals surface area contributed by atoms with Crippen molar-refractivity contribution in [2.24, 2.45) is 5.92 Å². The van der Waals surface area contributed by atoms with E-state index in [2.05, 4.69) is 15.5 Å². The lowest BCUT2D eigenvalue weighted by atomic mass is 10.2. The summed E-state index contributed by atoms with van der Waals surface area (Å²) in [5.41, 5.74) is 1.10. The summed E-state index contributed by atoms with van der Waals surface area (Å²) in [6, 6.07) is 5.25. The van der Waals surface area contributed by atoms with E-state index in [-0.39, 0.29) is 18.6 Å². The van der Waals surface area contributed by atoms with Crippen molar-refractivity contribution < 1.29 is 18.8 Å². The minimum absolute atomic E-state index is 0.122. The van der Waals surface area contributed by atoms with Crippen LogP contribution in [0.4, 0.5) is 0 Å². The van der Waals surface area contributed by atoms with E-state index in [4.69, 9.17) is 9.26 Å². The van der Waals surface area contributed by atoms with Crippen LogP contribution in [0.25, 0.3) is 0 Å². The maximum Gasteiger partial charge on any atom is 0.341 e. The van der Waals surface area contributed by atoms with Gasteiger partial charge in [-0.05, 0) is 44.7 Å². The highest BCUT2D eigenvalue weighted by Crippen LogP contribution is 2.32. The molecule has 1 amide bonds. The number of esters is 1. The van der Waals surface area contributed by atoms with Gasteiger partial charge in [0.15, 0.2) is 6.61 Å². The van der Waals surface area contributed by atoms with E-state index < -0.39 is 5.97 Å². The van der Waals surface area contributed by atoms with Gasteiger partial charge in [-0.15, -0.1) is 0 Å². The summed E-state index contributed by atoms with van der Waals surface area (Å²) in [6.45, 7) is 3.50. The number of ether oxygens (including phenoxy) is 1. The molecular formula is C18H21N3O4S. The SMILES string of the molecule is Cc1cc(CSc2ncccc2C(=O)OCC(=O)NC(C)C2CC2)no1. The Labute approximate surface area is 155 Å². The number of pyridine rings is 1. The maximum atomic E-state index is 12.3. The number of nitrogens with zero attached hydrogens (tertiary/aromatic N) is 2. The average molecular weight is 375 g/mol. The number of hydrogen-bond donors (Lipinski definition) is 1. The van der Waals surface area contributed by atoms with Gasteiger partial charge in [0.25, 0.3) is 5.91 Å². The second kappa shape index (κ2) is 8.35. The quantitative estimate of drug-likeness (QED) is 0.560. The summed E-state index contributed by atoms with van der Waals surface area (Å²) in [5.74, 6) is 0.956. The van der Waals surface area contributed by atoms with Crippen molar-refractivity contribution in [2.75, 3.05) is 6.61 Å². The number of nitrogens with one attached hydrogen (secondary N) is 1. The number of amides is 1. The fourth-order valence-electron chi connectivity index (χ4n) is 2.51. The molecule has 0 aliphatic heterocycles. The predicted molar refractivity (Wildman–Crippen MR) is 95.6 cm³/mol. The number of aromatic nitrogens is 2. The fourth-order valence-corrected chi connectivity index (χ4v) is 3.37. The van der Waals surface area contributed by atoms with Gasteiger partial charge in [-0.3, -0.25) is 4.79 Å². The average Bonchev–Trinajstić information content (AvgIpc) is 3.40. The first-order valence-corrected chi connectivity index (χ1v) is 9.48. The van der Waals surface area contributed by atoms with Gasteiger partial charge in [-0.2, -0.15) is 0 Å². The molecule has 138 valence electrons. The van der Waals surface area contributed by atoms with Crippen molar-refractivity contribution in [3.05, 3.63) is 41.4 Å². The van der Waals surface area contributed by atoms with Crippen molar-refractivity contribution in [3.63, 3.8) is 0 Å². The number of rotatable bonds is 8. The first kappa shape index (κ1) is 18.4. The number of thioether (sulfide) groups is 1. The number of carbonyl (C=O) groups excluding carboxylic acids is 2. The van der Waals surface area contributed by atoms with E-state index in [1.165, 1.54) is 11.8 Å². The molecule has 7 nitrogen and oxygen atoms in total. The van der Waals surface area contributed by atoms with Crippen molar-refractivity contribution in [1.82, 2.24) is 15.5 Å². The second-order valence-electron chi connectivity index (χ2n) is 6.34. The highest BCUT2D eigenvalue weighted by Gasteiger charge is 2.29. The molecule has 2 heterocycles. The van der Waals surface area contributed by atoms with E-state index in [1.807, 2.05) is 19.9 Å². The van der Waals surface area contributed by atoms with E-state index in [9.17, 15) is 9.59 Å². The zero-order valence-corrected chi connectivity index (χ0v) is 15.5. The van der Waals surface area contributed by atoms with Gasteiger partial charge in [0.1, 0.15) is 10.8 Å². The smallest absolute Gasteiger partial charge is 0.341 e. The molecule has 0 aromatic carbocycles. The monoisotopic (exact) mass is 375 g/mol. The van der Waals surface area contributed by atoms with Gasteiger partial charge in [0, 0.05) is 24.1 Å². The summed E-state index contributed by atoms with van der Waals surface area (Å²) in [5, 5.41) is 7.31. The Bertz CT molecular complexity index is 788. The lowest BCUT2D eigenvalue weighted by Crippen LogP contribution is -2.37. The van der Waals surface area contributed by atoms with Gasteiger partial charge in [0.05, 0.1) is 11.3 Å². The van der Waals surface area contributed by atoms with Crippen LogP contribution >= 0.6 is 11.8 Å². The van der Waals surface area contributed by atoms with Crippen LogP contribution in [0.1, 0.15) is 41.6 Å². The molecule has 1 fully saturated rings. The molecule has 0 radical (unpaired) electrons. The zero-order valence-electron chi connectivity index (χ0n) is 14.7. The van der Waals surface area contributed by atoms with Crippen LogP contribution in [0.2, 0.25) is 0 Å². The molecule has 8 heteroatoms. The molecule has 2 aromatic heterocycles. The summed E-state index contributed by atoms with van der Waals surface area (Å²) in [6.07, 6.45) is 3.89. The van der Waals surface area contributed by atoms with E-state index in [1.54, 1.807) is 18.3 Å². The van der Waals surface area contributed by atoms with Crippen molar-refractivity contribution in [3.8, 4) is 0 Å². The van der Waals surface area contributed by atoms with Gasteiger partial charge >= 0.3 is 5.97 Å². The predicted octanol–water partition coefficient (Wildman–Crippen LogP) is 2.74. The third kappa shape index (κ3) is 5.08. The summed E-state index contributed by atoms with van der Waals surface area (Å²) in [4.78, 5) is 28.5. The standard InChI is InChI=1S/C18H21N3O4S/c1-11-8-14(21-25-11)10-26-17-15(4-3-7-19-17)18(23)24-9-16(22)20-12(2)13-5-6-13/h3-4,7-8,12-13H,5-6,9-10H2,1-2H3,(H,20,22). The Kier molecular flexibility index (Phi) is 5.92. The molecular weight excluding hydrogens is 354 g/mol. The van der Waals surface area contributed by atoms with Gasteiger partial charge < -0.3 is 14.6 Å². The molecule has 0 spiro atoms. The van der Waals surface area contributed by atoms with Crippen LogP contribution < -0.4 is 5.32 Å². The number of hydrogen-bond acceptors (Lipinski definition) is 7. The van der Waals surface area contributed by atoms with Crippen LogP contribution in [0.5, 0.6) is 0 Å². The summed E-state index contributed by atoms with van der Waals surface area (Å²) < 4.78 is 10.2. The summed E-state index contributed by atoms with van der Waals surface area (Å²) in [7, 11) is 0. The second-order valence-corrected chi connectivity index (χ2v) is 7.31. The molecule has 1 aliphatic rings. The van der Waals surface area contributed by atoms with Crippen molar-refractivity contribution in [1.29, 1.82) is 0 Å². The topological polar surface area (TPSA) is 94.3 Å². The first-order valence-electron chi connectivity index (χ1n) is 8.49. The Hall–Kier alpha value is -2.35. The number of aryl methyl sites for hydroxylation is 1. The maximum absolute atomic E-state index is 12.3. The van der Waals surface area contributed by atoms with Crippen LogP contribution in [0.15, 0.2) is 33.9 Å². The molecule has 3 rings (SSSR count). The summed E-state index contributed by atoms with van der Waals surface area (Å²) >= 11 is 1.36. The van der Waals surface area contributed by atoms with Crippen LogP contribution in [0.3, 0.4) is 0 Å². The number of carbonyl (C=O) groups is 2. The van der Waals surface area contributed by atoms with E-state index in [0.29, 0.717) is 22.3 Å². The third-order valence-corrected chi connectivity index (χ3v) is 5.12. The third-order valence-electron chi connectivity index (χ3n) is 4.08. The van der Waals surface area contributed by atoms with Crippen molar-refractivity contribution in [2.45, 2.75) is 43.5 Å². The molecule has 1 saturated carbocycles. The normalized spacial score (nSPS) is 14.7. The lowest BCUT2D eigenvalue weighted by Gasteiger charge is -2.13. The molecule has 0 bridgehead atoms. The van der Waals surface area contributed by atoms with Crippen molar-refractivity contribution >= 4 is 23.6 Å². The first-order chi connectivity index (χ1) is 12.5. The Balaban J connectivity index is 1.54. The molecule has 1 atom stereocenters. The van der Waals surface area contributed by atoms with Gasteiger partial charge in [-0.25, -0.2) is 9.78 Å². The fraction of sp³-hybridized carbons (Fsp3) is 0.444. The highest BCUT2D eigenvalue weighted by atomic mass is 32.2. The zero-order chi connectivity index (χ0) is 18.5. The molecule has 1 N–H and O–H groups in total. The van der Waals surface area contributed by atoms with E-state index in [0.717, 1.165) is 24.3 Å².